The molecular weight excluding hydrogens is 540 g/mol. The fourth-order valence-electron chi connectivity index (χ4n) is 3.99. The van der Waals surface area contributed by atoms with Crippen molar-refractivity contribution in [3.8, 4) is 0 Å². The van der Waals surface area contributed by atoms with E-state index < -0.39 is 26.3 Å². The molecule has 0 saturated heterocycles. The molecule has 1 unspecified atom stereocenters. The molecule has 32 heavy (non-hydrogen) atoms. The Balaban J connectivity index is 3.01. The Labute approximate surface area is 205 Å². The first-order chi connectivity index (χ1) is 14.6. The van der Waals surface area contributed by atoms with Gasteiger partial charge in [0.15, 0.2) is 9.04 Å². The van der Waals surface area contributed by atoms with Crippen molar-refractivity contribution < 1.29 is 18.3 Å². The van der Waals surface area contributed by atoms with Gasteiger partial charge in [-0.3, -0.25) is 4.79 Å². The number of nitrogens with zero attached hydrogens (tertiary/aromatic N) is 1. The van der Waals surface area contributed by atoms with Gasteiger partial charge in [-0.1, -0.05) is 41.5 Å². The average Bonchev–Trinajstić information content (AvgIpc) is 2.62. The molecule has 0 saturated carbocycles. The molecule has 0 aliphatic carbocycles. The maximum atomic E-state index is 14.7. The second-order valence-corrected chi connectivity index (χ2v) is 14.1. The summed E-state index contributed by atoms with van der Waals surface area (Å²) in [6.07, 6.45) is 1.31. The molecule has 2 atom stereocenters. The number of aromatic nitrogens is 1. The molecule has 2 aromatic rings. The highest BCUT2D eigenvalue weighted by Crippen LogP contribution is 2.43. The van der Waals surface area contributed by atoms with Crippen LogP contribution in [0.1, 0.15) is 64.9 Å². The zero-order valence-electron chi connectivity index (χ0n) is 20.5. The third-order valence-electron chi connectivity index (χ3n) is 5.32. The number of rotatable bonds is 6. The van der Waals surface area contributed by atoms with Crippen LogP contribution in [-0.2, 0) is 9.16 Å². The van der Waals surface area contributed by atoms with Crippen molar-refractivity contribution >= 4 is 48.5 Å². The Bertz CT molecular complexity index is 1050. The van der Waals surface area contributed by atoms with Crippen molar-refractivity contribution in [1.29, 1.82) is 0 Å². The molecule has 2 rings (SSSR count). The van der Waals surface area contributed by atoms with E-state index >= 15 is 0 Å². The molecule has 0 fully saturated rings. The molecule has 1 aromatic heterocycles. The van der Waals surface area contributed by atoms with Crippen molar-refractivity contribution in [1.82, 2.24) is 4.57 Å². The molecule has 0 aliphatic rings. The first-order valence-electron chi connectivity index (χ1n) is 11.0. The molecule has 0 bridgehead atoms. The summed E-state index contributed by atoms with van der Waals surface area (Å²) in [6, 6.07) is 2.63. The minimum Gasteiger partial charge on any atom is -0.462 e. The SMILES string of the molecule is CCOC(=O)c1cn([C@H](C(O[SiH](C)C)C(C)(C)C)C(C)(C)C)c2cc(F)c(I)cc2c1=O. The lowest BCUT2D eigenvalue weighted by Gasteiger charge is -2.46. The number of esters is 1. The predicted molar refractivity (Wildman–Crippen MR) is 139 cm³/mol. The van der Waals surface area contributed by atoms with E-state index in [4.69, 9.17) is 9.16 Å². The molecule has 1 aromatic carbocycles. The summed E-state index contributed by atoms with van der Waals surface area (Å²) in [5, 5.41) is 0.296. The molecule has 8 heteroatoms. The van der Waals surface area contributed by atoms with Crippen LogP contribution in [0, 0.1) is 20.2 Å². The van der Waals surface area contributed by atoms with Crippen molar-refractivity contribution in [2.75, 3.05) is 6.61 Å². The van der Waals surface area contributed by atoms with Crippen molar-refractivity contribution in [3.05, 3.63) is 43.5 Å². The number of carbonyl (C=O) groups excluding carboxylic acids is 1. The molecule has 0 N–H and O–H groups in total. The lowest BCUT2D eigenvalue weighted by Crippen LogP contribution is -2.46. The largest absolute Gasteiger partial charge is 0.462 e. The maximum Gasteiger partial charge on any atom is 0.343 e. The number of ether oxygens (including phenoxy) is 1. The van der Waals surface area contributed by atoms with E-state index in [0.29, 0.717) is 14.5 Å². The third kappa shape index (κ3) is 5.80. The highest BCUT2D eigenvalue weighted by Gasteiger charge is 2.42. The molecular formula is C24H35FINO4Si. The standard InChI is InChI=1S/C24H35FINO4Si/c1-10-30-22(29)15-13-27(18-12-16(25)17(26)11-14(18)19(15)28)20(23(2,3)4)21(24(5,6)7)31-32(8)9/h11-13,20-21,32H,10H2,1-9H3/t20-,21?/m1/s1. The van der Waals surface area contributed by atoms with Crippen LogP contribution in [0.3, 0.4) is 0 Å². The number of benzene rings is 1. The van der Waals surface area contributed by atoms with Crippen LogP contribution >= 0.6 is 22.6 Å². The fraction of sp³-hybridized carbons (Fsp3) is 0.583. The molecule has 1 heterocycles. The van der Waals surface area contributed by atoms with Gasteiger partial charge >= 0.3 is 5.97 Å². The van der Waals surface area contributed by atoms with Crippen LogP contribution in [0.25, 0.3) is 10.9 Å². The third-order valence-corrected chi connectivity index (χ3v) is 6.98. The Morgan fingerprint density at radius 3 is 2.22 bits per heavy atom. The summed E-state index contributed by atoms with van der Waals surface area (Å²) in [6.45, 7) is 18.7. The fourth-order valence-corrected chi connectivity index (χ4v) is 5.60. The molecule has 0 radical (unpaired) electrons. The monoisotopic (exact) mass is 575 g/mol. The number of halogens is 2. The van der Waals surface area contributed by atoms with Crippen LogP contribution < -0.4 is 5.43 Å². The zero-order valence-corrected chi connectivity index (χ0v) is 23.8. The highest BCUT2D eigenvalue weighted by atomic mass is 127. The Kier molecular flexibility index (Phi) is 8.37. The van der Waals surface area contributed by atoms with E-state index in [9.17, 15) is 14.0 Å². The first kappa shape index (κ1) is 27.0. The summed E-state index contributed by atoms with van der Waals surface area (Å²) < 4.78 is 28.6. The minimum atomic E-state index is -1.45. The van der Waals surface area contributed by atoms with E-state index in [2.05, 4.69) is 54.6 Å². The Morgan fingerprint density at radius 1 is 1.16 bits per heavy atom. The lowest BCUT2D eigenvalue weighted by molar-refractivity contribution is -0.00443. The normalized spacial score (nSPS) is 14.6. The molecule has 0 aliphatic heterocycles. The van der Waals surface area contributed by atoms with Gasteiger partial charge in [-0.25, -0.2) is 9.18 Å². The van der Waals surface area contributed by atoms with Gasteiger partial charge in [0.2, 0.25) is 5.43 Å². The van der Waals surface area contributed by atoms with Gasteiger partial charge in [0.05, 0.1) is 24.3 Å². The van der Waals surface area contributed by atoms with E-state index in [1.54, 1.807) is 6.92 Å². The number of fused-ring (bicyclic) bond motifs is 1. The van der Waals surface area contributed by atoms with Crippen molar-refractivity contribution in [2.45, 2.75) is 73.7 Å². The maximum absolute atomic E-state index is 14.7. The van der Waals surface area contributed by atoms with Crippen molar-refractivity contribution in [2.24, 2.45) is 10.8 Å². The van der Waals surface area contributed by atoms with E-state index in [1.165, 1.54) is 18.3 Å². The smallest absolute Gasteiger partial charge is 0.343 e. The van der Waals surface area contributed by atoms with Gasteiger partial charge in [0, 0.05) is 15.2 Å². The molecule has 5 nitrogen and oxygen atoms in total. The van der Waals surface area contributed by atoms with E-state index in [1.807, 2.05) is 27.2 Å². The summed E-state index contributed by atoms with van der Waals surface area (Å²) in [4.78, 5) is 25.9. The zero-order chi connectivity index (χ0) is 24.6. The van der Waals surface area contributed by atoms with Crippen molar-refractivity contribution in [3.63, 3.8) is 0 Å². The van der Waals surface area contributed by atoms with E-state index in [-0.39, 0.29) is 35.1 Å². The summed E-state index contributed by atoms with van der Waals surface area (Å²) in [5.74, 6) is -1.08. The lowest BCUT2D eigenvalue weighted by atomic mass is 9.74. The van der Waals surface area contributed by atoms with Gasteiger partial charge < -0.3 is 13.7 Å². The Hall–Kier alpha value is -1.26. The highest BCUT2D eigenvalue weighted by molar-refractivity contribution is 14.1. The summed E-state index contributed by atoms with van der Waals surface area (Å²) >= 11 is 1.86. The van der Waals surface area contributed by atoms with Gasteiger partial charge in [0.25, 0.3) is 0 Å². The molecule has 178 valence electrons. The molecule has 0 amide bonds. The van der Waals surface area contributed by atoms with Gasteiger partial charge in [-0.05, 0) is 65.6 Å². The van der Waals surface area contributed by atoms with Crippen LogP contribution in [0.4, 0.5) is 4.39 Å². The quantitative estimate of drug-likeness (QED) is 0.244. The molecule has 0 spiro atoms. The van der Waals surface area contributed by atoms with Crippen LogP contribution in [0.5, 0.6) is 0 Å². The second kappa shape index (κ2) is 9.93. The number of pyridine rings is 1. The van der Waals surface area contributed by atoms with Crippen LogP contribution in [0.15, 0.2) is 23.1 Å². The van der Waals surface area contributed by atoms with E-state index in [0.717, 1.165) is 0 Å². The van der Waals surface area contributed by atoms with Gasteiger partial charge in [-0.2, -0.15) is 0 Å². The van der Waals surface area contributed by atoms with Crippen LogP contribution in [-0.4, -0.2) is 32.3 Å². The minimum absolute atomic E-state index is 0.0505. The first-order valence-corrected chi connectivity index (χ1v) is 14.8. The topological polar surface area (TPSA) is 57.5 Å². The number of hydrogen-bond donors (Lipinski definition) is 0. The summed E-state index contributed by atoms with van der Waals surface area (Å²) in [5.41, 5.74) is -0.619. The average molecular weight is 576 g/mol. The number of hydrogen-bond acceptors (Lipinski definition) is 4. The number of carbonyl (C=O) groups is 1. The van der Waals surface area contributed by atoms with Crippen LogP contribution in [0.2, 0.25) is 13.1 Å². The van der Waals surface area contributed by atoms with Gasteiger partial charge in [-0.15, -0.1) is 0 Å². The van der Waals surface area contributed by atoms with Gasteiger partial charge in [0.1, 0.15) is 11.4 Å². The second-order valence-electron chi connectivity index (χ2n) is 10.6. The predicted octanol–water partition coefficient (Wildman–Crippen LogP) is 5.92. The Morgan fingerprint density at radius 2 is 1.75 bits per heavy atom. The summed E-state index contributed by atoms with van der Waals surface area (Å²) in [7, 11) is -1.45.